The summed E-state index contributed by atoms with van der Waals surface area (Å²) in [4.78, 5) is 36.5. The van der Waals surface area contributed by atoms with Gasteiger partial charge in [0.25, 0.3) is 5.91 Å². The molecule has 4 N–H and O–H groups in total. The van der Waals surface area contributed by atoms with Gasteiger partial charge in [-0.25, -0.2) is 0 Å². The van der Waals surface area contributed by atoms with Gasteiger partial charge in [-0.2, -0.15) is 0 Å². The average Bonchev–Trinajstić information content (AvgIpc) is 3.00. The number of rotatable bonds is 9. The van der Waals surface area contributed by atoms with E-state index in [9.17, 15) is 14.4 Å². The van der Waals surface area contributed by atoms with Crippen molar-refractivity contribution in [3.05, 3.63) is 51.9 Å². The number of hydrogen-bond donors (Lipinski definition) is 3. The molecule has 0 spiro atoms. The number of carbonyl (C=O) groups is 3. The van der Waals surface area contributed by atoms with Crippen molar-refractivity contribution < 1.29 is 19.1 Å². The maximum absolute atomic E-state index is 12.0. The van der Waals surface area contributed by atoms with Gasteiger partial charge in [-0.3, -0.25) is 14.4 Å². The molecule has 0 unspecified atom stereocenters. The van der Waals surface area contributed by atoms with E-state index in [1.165, 1.54) is 11.3 Å². The molecule has 0 fully saturated rings. The first-order valence-corrected chi connectivity index (χ1v) is 10.8. The highest BCUT2D eigenvalue weighted by Crippen LogP contribution is 2.34. The first-order valence-electron chi connectivity index (χ1n) is 9.54. The largest absolute Gasteiger partial charge is 0.466 e. The fourth-order valence-electron chi connectivity index (χ4n) is 2.72. The zero-order valence-corrected chi connectivity index (χ0v) is 18.6. The summed E-state index contributed by atoms with van der Waals surface area (Å²) in [5.74, 6) is -1.42. The average molecular weight is 448 g/mol. The lowest BCUT2D eigenvalue weighted by molar-refractivity contribution is -0.144. The number of hydrogen-bond acceptors (Lipinski definition) is 6. The molecule has 0 radical (unpaired) electrons. The standard InChI is InChI=1S/C21H25N3O4S2/c1-3-11-28-17(26)10-9-16(25)23-21(29)24-20-18(19(22)27)13(2)15(30-20)12-14-7-5-4-6-8-14/h4-8H,3,9-12H2,1-2H3,(H2,22,27)(H2,23,24,25,29). The molecule has 1 aromatic heterocycles. The molecule has 1 heterocycles. The van der Waals surface area contributed by atoms with Crippen LogP contribution in [0.2, 0.25) is 0 Å². The SMILES string of the molecule is CCCOC(=O)CCC(=O)NC(=S)Nc1sc(Cc2ccccc2)c(C)c1C(N)=O. The minimum absolute atomic E-state index is 0.0275. The molecule has 2 amide bonds. The van der Waals surface area contributed by atoms with Crippen molar-refractivity contribution in [2.24, 2.45) is 5.73 Å². The van der Waals surface area contributed by atoms with E-state index in [4.69, 9.17) is 22.7 Å². The maximum Gasteiger partial charge on any atom is 0.306 e. The summed E-state index contributed by atoms with van der Waals surface area (Å²) in [6.45, 7) is 4.06. The molecule has 0 atom stereocenters. The number of primary amides is 1. The predicted molar refractivity (Wildman–Crippen MR) is 122 cm³/mol. The molecule has 2 aromatic rings. The van der Waals surface area contributed by atoms with E-state index in [0.717, 1.165) is 22.4 Å². The van der Waals surface area contributed by atoms with Crippen LogP contribution < -0.4 is 16.4 Å². The minimum atomic E-state index is -0.571. The molecular formula is C21H25N3O4S2. The van der Waals surface area contributed by atoms with Crippen LogP contribution in [0, 0.1) is 6.92 Å². The van der Waals surface area contributed by atoms with Crippen LogP contribution >= 0.6 is 23.6 Å². The molecule has 160 valence electrons. The Kier molecular flexibility index (Phi) is 8.94. The van der Waals surface area contributed by atoms with Crippen LogP contribution in [0.15, 0.2) is 30.3 Å². The third-order valence-corrected chi connectivity index (χ3v) is 5.61. The second-order valence-corrected chi connectivity index (χ2v) is 8.12. The summed E-state index contributed by atoms with van der Waals surface area (Å²) >= 11 is 6.55. The molecule has 7 nitrogen and oxygen atoms in total. The van der Waals surface area contributed by atoms with Crippen LogP contribution in [-0.4, -0.2) is 29.5 Å². The van der Waals surface area contributed by atoms with Gasteiger partial charge in [-0.15, -0.1) is 11.3 Å². The van der Waals surface area contributed by atoms with Crippen molar-refractivity contribution >= 4 is 51.5 Å². The number of thiophene rings is 1. The van der Waals surface area contributed by atoms with E-state index in [2.05, 4.69) is 10.6 Å². The Bertz CT molecular complexity index is 926. The van der Waals surface area contributed by atoms with Crippen LogP contribution in [0.1, 0.15) is 52.5 Å². The molecular weight excluding hydrogens is 422 g/mol. The first kappa shape index (κ1) is 23.5. The highest BCUT2D eigenvalue weighted by molar-refractivity contribution is 7.80. The van der Waals surface area contributed by atoms with Crippen molar-refractivity contribution in [1.29, 1.82) is 0 Å². The zero-order chi connectivity index (χ0) is 22.1. The molecule has 0 aliphatic carbocycles. The van der Waals surface area contributed by atoms with Gasteiger partial charge in [0.05, 0.1) is 18.6 Å². The Morgan fingerprint density at radius 1 is 1.17 bits per heavy atom. The fourth-order valence-corrected chi connectivity index (χ4v) is 4.25. The molecule has 2 rings (SSSR count). The predicted octanol–water partition coefficient (Wildman–Crippen LogP) is 3.29. The lowest BCUT2D eigenvalue weighted by Gasteiger charge is -2.09. The van der Waals surface area contributed by atoms with Gasteiger partial charge in [0.2, 0.25) is 5.91 Å². The monoisotopic (exact) mass is 447 g/mol. The van der Waals surface area contributed by atoms with Crippen molar-refractivity contribution in [2.45, 2.75) is 39.5 Å². The van der Waals surface area contributed by atoms with Crippen LogP contribution in [0.3, 0.4) is 0 Å². The minimum Gasteiger partial charge on any atom is -0.466 e. The van der Waals surface area contributed by atoms with Gasteiger partial charge < -0.3 is 21.1 Å². The number of anilines is 1. The Balaban J connectivity index is 2.01. The van der Waals surface area contributed by atoms with E-state index >= 15 is 0 Å². The third kappa shape index (κ3) is 6.93. The molecule has 30 heavy (non-hydrogen) atoms. The topological polar surface area (TPSA) is 111 Å². The van der Waals surface area contributed by atoms with Crippen LogP contribution in [-0.2, 0) is 20.7 Å². The Morgan fingerprint density at radius 3 is 2.50 bits per heavy atom. The first-order chi connectivity index (χ1) is 14.3. The quantitative estimate of drug-likeness (QED) is 0.402. The zero-order valence-electron chi connectivity index (χ0n) is 16.9. The van der Waals surface area contributed by atoms with E-state index in [-0.39, 0.29) is 18.0 Å². The van der Waals surface area contributed by atoms with E-state index in [1.54, 1.807) is 0 Å². The molecule has 0 saturated carbocycles. The summed E-state index contributed by atoms with van der Waals surface area (Å²) in [5.41, 5.74) is 7.81. The lowest BCUT2D eigenvalue weighted by atomic mass is 10.1. The van der Waals surface area contributed by atoms with Crippen LogP contribution in [0.25, 0.3) is 0 Å². The third-order valence-electron chi connectivity index (χ3n) is 4.20. The molecule has 9 heteroatoms. The Labute approximate surface area is 185 Å². The van der Waals surface area contributed by atoms with Crippen LogP contribution in [0.5, 0.6) is 0 Å². The summed E-state index contributed by atoms with van der Waals surface area (Å²) < 4.78 is 4.93. The highest BCUT2D eigenvalue weighted by Gasteiger charge is 2.20. The number of thiocarbonyl (C=S) groups is 1. The summed E-state index contributed by atoms with van der Waals surface area (Å²) in [6, 6.07) is 9.86. The number of esters is 1. The van der Waals surface area contributed by atoms with Gasteiger partial charge in [0, 0.05) is 17.7 Å². The summed E-state index contributed by atoms with van der Waals surface area (Å²) in [7, 11) is 0. The second kappa shape index (κ2) is 11.4. The molecule has 1 aromatic carbocycles. The summed E-state index contributed by atoms with van der Waals surface area (Å²) in [5, 5.41) is 5.93. The Hall–Kier alpha value is -2.78. The number of amides is 2. The van der Waals surface area contributed by atoms with Gasteiger partial charge in [-0.05, 0) is 36.7 Å². The molecule has 0 aliphatic rings. The number of benzene rings is 1. The lowest BCUT2D eigenvalue weighted by Crippen LogP contribution is -2.34. The van der Waals surface area contributed by atoms with Gasteiger partial charge in [0.1, 0.15) is 5.00 Å². The number of nitrogens with one attached hydrogen (secondary N) is 2. The van der Waals surface area contributed by atoms with E-state index in [0.29, 0.717) is 23.6 Å². The van der Waals surface area contributed by atoms with Crippen molar-refractivity contribution in [3.63, 3.8) is 0 Å². The number of carbonyl (C=O) groups excluding carboxylic acids is 3. The van der Waals surface area contributed by atoms with Gasteiger partial charge in [0.15, 0.2) is 5.11 Å². The van der Waals surface area contributed by atoms with Gasteiger partial charge >= 0.3 is 5.97 Å². The Morgan fingerprint density at radius 2 is 1.87 bits per heavy atom. The highest BCUT2D eigenvalue weighted by atomic mass is 32.1. The smallest absolute Gasteiger partial charge is 0.306 e. The number of nitrogens with two attached hydrogens (primary N) is 1. The van der Waals surface area contributed by atoms with Crippen molar-refractivity contribution in [1.82, 2.24) is 5.32 Å². The van der Waals surface area contributed by atoms with Crippen molar-refractivity contribution in [3.8, 4) is 0 Å². The fraction of sp³-hybridized carbons (Fsp3) is 0.333. The second-order valence-electron chi connectivity index (χ2n) is 6.60. The number of ether oxygens (including phenoxy) is 1. The molecule has 0 saturated heterocycles. The molecule has 0 bridgehead atoms. The van der Waals surface area contributed by atoms with Crippen molar-refractivity contribution in [2.75, 3.05) is 11.9 Å². The van der Waals surface area contributed by atoms with Gasteiger partial charge in [-0.1, -0.05) is 37.3 Å². The van der Waals surface area contributed by atoms with Crippen LogP contribution in [0.4, 0.5) is 5.00 Å². The summed E-state index contributed by atoms with van der Waals surface area (Å²) in [6.07, 6.45) is 1.30. The normalized spacial score (nSPS) is 10.3. The molecule has 0 aliphatic heterocycles. The maximum atomic E-state index is 12.0. The van der Waals surface area contributed by atoms with E-state index in [1.807, 2.05) is 44.2 Å². The van der Waals surface area contributed by atoms with E-state index < -0.39 is 17.8 Å².